The number of hydrogen-bond donors (Lipinski definition) is 2. The van der Waals surface area contributed by atoms with Gasteiger partial charge in [0.05, 0.1) is 0 Å². The van der Waals surface area contributed by atoms with Gasteiger partial charge < -0.3 is 5.41 Å². The number of rotatable bonds is 2. The minimum Gasteiger partial charge on any atom is -0.305 e. The summed E-state index contributed by atoms with van der Waals surface area (Å²) < 4.78 is 0. The van der Waals surface area contributed by atoms with Crippen molar-refractivity contribution in [2.45, 2.75) is 18.2 Å². The molecule has 1 N–H and O–H groups in total. The molecule has 2 heteroatoms. The summed E-state index contributed by atoms with van der Waals surface area (Å²) in [7, 11) is 0. The highest BCUT2D eigenvalue weighted by molar-refractivity contribution is 7.80. The molecule has 0 spiro atoms. The summed E-state index contributed by atoms with van der Waals surface area (Å²) in [5.41, 5.74) is 1.59. The Hall–Kier alpha value is -0.760. The Morgan fingerprint density at radius 3 is 2.64 bits per heavy atom. The summed E-state index contributed by atoms with van der Waals surface area (Å²) in [5, 5.41) is 7.57. The summed E-state index contributed by atoms with van der Waals surface area (Å²) in [6, 6.07) is 7.69. The molecular formula is C9H11NS. The maximum atomic E-state index is 7.57. The second-order valence-electron chi connectivity index (χ2n) is 2.35. The van der Waals surface area contributed by atoms with E-state index in [1.165, 1.54) is 0 Å². The summed E-state index contributed by atoms with van der Waals surface area (Å²) in [6.45, 7) is 1.97. The van der Waals surface area contributed by atoms with Gasteiger partial charge in [0.1, 0.15) is 0 Å². The zero-order valence-electron chi connectivity index (χ0n) is 6.46. The first-order chi connectivity index (χ1) is 5.25. The molecule has 0 radical (unpaired) electrons. The number of nitrogens with one attached hydrogen (secondary N) is 1. The first-order valence-electron chi connectivity index (χ1n) is 3.61. The lowest BCUT2D eigenvalue weighted by Gasteiger charge is -2.02. The molecule has 1 aromatic rings. The summed E-state index contributed by atoms with van der Waals surface area (Å²) >= 11 is 4.25. The molecule has 1 nitrogen and oxygen atoms in total. The van der Waals surface area contributed by atoms with E-state index in [1.54, 1.807) is 0 Å². The monoisotopic (exact) mass is 165 g/mol. The van der Waals surface area contributed by atoms with Crippen LogP contribution in [0.1, 0.15) is 18.9 Å². The number of thiol groups is 1. The second-order valence-corrected chi connectivity index (χ2v) is 2.83. The van der Waals surface area contributed by atoms with Crippen LogP contribution in [-0.2, 0) is 0 Å². The zero-order valence-corrected chi connectivity index (χ0v) is 7.36. The van der Waals surface area contributed by atoms with Crippen LogP contribution in [0.15, 0.2) is 29.2 Å². The lowest BCUT2D eigenvalue weighted by molar-refractivity contribution is 1.22. The van der Waals surface area contributed by atoms with Crippen molar-refractivity contribution < 1.29 is 0 Å². The van der Waals surface area contributed by atoms with Gasteiger partial charge in [-0.2, -0.15) is 0 Å². The average Bonchev–Trinajstić information content (AvgIpc) is 2.04. The van der Waals surface area contributed by atoms with Gasteiger partial charge in [-0.1, -0.05) is 25.1 Å². The molecule has 0 aliphatic carbocycles. The van der Waals surface area contributed by atoms with Crippen LogP contribution in [0.3, 0.4) is 0 Å². The van der Waals surface area contributed by atoms with Crippen molar-refractivity contribution >= 4 is 18.3 Å². The van der Waals surface area contributed by atoms with Crippen LogP contribution in [0.4, 0.5) is 0 Å². The van der Waals surface area contributed by atoms with Crippen LogP contribution in [0.25, 0.3) is 0 Å². The Morgan fingerprint density at radius 2 is 2.09 bits per heavy atom. The van der Waals surface area contributed by atoms with Crippen molar-refractivity contribution in [2.75, 3.05) is 0 Å². The van der Waals surface area contributed by atoms with E-state index in [-0.39, 0.29) is 0 Å². The molecule has 0 aliphatic heterocycles. The van der Waals surface area contributed by atoms with Crippen molar-refractivity contribution in [1.29, 1.82) is 5.41 Å². The molecule has 0 saturated heterocycles. The van der Waals surface area contributed by atoms with Gasteiger partial charge in [-0.3, -0.25) is 0 Å². The quantitative estimate of drug-likeness (QED) is 0.497. The molecule has 0 fully saturated rings. The third-order valence-corrected chi connectivity index (χ3v) is 1.97. The molecule has 0 unspecified atom stereocenters. The van der Waals surface area contributed by atoms with Gasteiger partial charge in [-0.25, -0.2) is 0 Å². The van der Waals surface area contributed by atoms with Crippen LogP contribution in [0.5, 0.6) is 0 Å². The van der Waals surface area contributed by atoms with E-state index in [0.29, 0.717) is 5.71 Å². The van der Waals surface area contributed by atoms with Gasteiger partial charge in [0.25, 0.3) is 0 Å². The van der Waals surface area contributed by atoms with E-state index in [0.717, 1.165) is 16.9 Å². The maximum absolute atomic E-state index is 7.57. The highest BCUT2D eigenvalue weighted by Gasteiger charge is 2.00. The first-order valence-corrected chi connectivity index (χ1v) is 4.06. The number of benzene rings is 1. The van der Waals surface area contributed by atoms with Crippen molar-refractivity contribution in [3.05, 3.63) is 29.8 Å². The van der Waals surface area contributed by atoms with Gasteiger partial charge in [0, 0.05) is 16.2 Å². The van der Waals surface area contributed by atoms with Gasteiger partial charge in [0.15, 0.2) is 0 Å². The second kappa shape index (κ2) is 3.58. The molecule has 11 heavy (non-hydrogen) atoms. The van der Waals surface area contributed by atoms with Gasteiger partial charge in [-0.05, 0) is 12.5 Å². The SMILES string of the molecule is CCC(=N)c1ccccc1S. The van der Waals surface area contributed by atoms with Gasteiger partial charge in [0.2, 0.25) is 0 Å². The predicted octanol–water partition coefficient (Wildman–Crippen LogP) is 2.75. The van der Waals surface area contributed by atoms with E-state index in [2.05, 4.69) is 12.6 Å². The van der Waals surface area contributed by atoms with Crippen LogP contribution < -0.4 is 0 Å². The fraction of sp³-hybridized carbons (Fsp3) is 0.222. The largest absolute Gasteiger partial charge is 0.305 e. The Labute approximate surface area is 72.4 Å². The molecule has 0 aromatic heterocycles. The molecule has 0 saturated carbocycles. The molecule has 1 rings (SSSR count). The third-order valence-electron chi connectivity index (χ3n) is 1.58. The Kier molecular flexibility index (Phi) is 2.71. The molecule has 1 aromatic carbocycles. The fourth-order valence-electron chi connectivity index (χ4n) is 0.919. The summed E-state index contributed by atoms with van der Waals surface area (Å²) in [4.78, 5) is 0.888. The lowest BCUT2D eigenvalue weighted by atomic mass is 10.1. The highest BCUT2D eigenvalue weighted by Crippen LogP contribution is 2.14. The van der Waals surface area contributed by atoms with Crippen molar-refractivity contribution in [3.63, 3.8) is 0 Å². The molecule has 0 bridgehead atoms. The molecule has 0 heterocycles. The Morgan fingerprint density at radius 1 is 1.45 bits per heavy atom. The lowest BCUT2D eigenvalue weighted by Crippen LogP contribution is -1.96. The molecular weight excluding hydrogens is 154 g/mol. The average molecular weight is 165 g/mol. The highest BCUT2D eigenvalue weighted by atomic mass is 32.1. The summed E-state index contributed by atoms with van der Waals surface area (Å²) in [5.74, 6) is 0. The van der Waals surface area contributed by atoms with Gasteiger partial charge >= 0.3 is 0 Å². The van der Waals surface area contributed by atoms with Crippen molar-refractivity contribution in [3.8, 4) is 0 Å². The zero-order chi connectivity index (χ0) is 8.27. The molecule has 0 amide bonds. The van der Waals surface area contributed by atoms with E-state index >= 15 is 0 Å². The molecule has 0 aliphatic rings. The minimum absolute atomic E-state index is 0.649. The van der Waals surface area contributed by atoms with Crippen LogP contribution >= 0.6 is 12.6 Å². The third kappa shape index (κ3) is 1.84. The predicted molar refractivity (Wildman–Crippen MR) is 50.8 cm³/mol. The van der Waals surface area contributed by atoms with E-state index in [4.69, 9.17) is 5.41 Å². The van der Waals surface area contributed by atoms with Crippen LogP contribution in [0, 0.1) is 5.41 Å². The first kappa shape index (κ1) is 8.34. The number of hydrogen-bond acceptors (Lipinski definition) is 2. The Bertz CT molecular complexity index is 268. The van der Waals surface area contributed by atoms with E-state index < -0.39 is 0 Å². The Balaban J connectivity index is 3.03. The van der Waals surface area contributed by atoms with E-state index in [1.807, 2.05) is 31.2 Å². The minimum atomic E-state index is 0.649. The molecule has 58 valence electrons. The van der Waals surface area contributed by atoms with Crippen molar-refractivity contribution in [1.82, 2.24) is 0 Å². The standard InChI is InChI=1S/C9H11NS/c1-2-8(10)7-5-3-4-6-9(7)11/h3-6,10-11H,2H2,1H3. The van der Waals surface area contributed by atoms with Crippen LogP contribution in [-0.4, -0.2) is 5.71 Å². The van der Waals surface area contributed by atoms with E-state index in [9.17, 15) is 0 Å². The fourth-order valence-corrected chi connectivity index (χ4v) is 1.21. The van der Waals surface area contributed by atoms with Gasteiger partial charge in [-0.15, -0.1) is 12.6 Å². The topological polar surface area (TPSA) is 23.9 Å². The maximum Gasteiger partial charge on any atom is 0.0394 e. The summed E-state index contributed by atoms with van der Waals surface area (Å²) in [6.07, 6.45) is 0.761. The normalized spacial score (nSPS) is 9.64. The van der Waals surface area contributed by atoms with Crippen LogP contribution in [0.2, 0.25) is 0 Å². The van der Waals surface area contributed by atoms with Crippen molar-refractivity contribution in [2.24, 2.45) is 0 Å². The smallest absolute Gasteiger partial charge is 0.0394 e. The molecule has 0 atom stereocenters.